The Kier molecular flexibility index (Phi) is 5.33. The van der Waals surface area contributed by atoms with E-state index in [2.05, 4.69) is 14.7 Å². The van der Waals surface area contributed by atoms with E-state index >= 15 is 0 Å². The van der Waals surface area contributed by atoms with Crippen molar-refractivity contribution in [2.45, 2.75) is 6.92 Å². The minimum absolute atomic E-state index is 0.124. The third-order valence-electron chi connectivity index (χ3n) is 3.75. The summed E-state index contributed by atoms with van der Waals surface area (Å²) in [6.45, 7) is 1.62. The van der Waals surface area contributed by atoms with Crippen LogP contribution >= 0.6 is 0 Å². The number of aromatic nitrogens is 3. The van der Waals surface area contributed by atoms with Crippen molar-refractivity contribution in [1.82, 2.24) is 14.5 Å². The summed E-state index contributed by atoms with van der Waals surface area (Å²) < 4.78 is 59.1. The Bertz CT molecular complexity index is 1230. The predicted octanol–water partition coefficient (Wildman–Crippen LogP) is 2.59. The zero-order valence-corrected chi connectivity index (χ0v) is 16.4. The number of benzene rings is 1. The van der Waals surface area contributed by atoms with Crippen LogP contribution in [0.1, 0.15) is 5.56 Å². The number of anilines is 1. The number of halogens is 2. The van der Waals surface area contributed by atoms with E-state index in [1.165, 1.54) is 16.8 Å². The molecule has 0 radical (unpaired) electrons. The molecular weight excluding hydrogens is 406 g/mol. The van der Waals surface area contributed by atoms with E-state index in [4.69, 9.17) is 4.74 Å². The quantitative estimate of drug-likeness (QED) is 0.678. The van der Waals surface area contributed by atoms with Crippen LogP contribution in [0.25, 0.3) is 11.3 Å². The Morgan fingerprint density at radius 2 is 1.86 bits per heavy atom. The average Bonchev–Trinajstić information content (AvgIpc) is 2.60. The van der Waals surface area contributed by atoms with Crippen LogP contribution in [0.3, 0.4) is 0 Å². The maximum atomic E-state index is 13.9. The molecule has 1 N–H and O–H groups in total. The van der Waals surface area contributed by atoms with Crippen LogP contribution in [0.5, 0.6) is 11.8 Å². The highest BCUT2D eigenvalue weighted by Gasteiger charge is 2.15. The third-order valence-corrected chi connectivity index (χ3v) is 4.33. The summed E-state index contributed by atoms with van der Waals surface area (Å²) in [6, 6.07) is 5.22. The first kappa shape index (κ1) is 20.4. The molecule has 8 nitrogen and oxygen atoms in total. The summed E-state index contributed by atoms with van der Waals surface area (Å²) in [7, 11) is -2.12. The molecule has 0 bridgehead atoms. The largest absolute Gasteiger partial charge is 0.421 e. The Balaban J connectivity index is 2.12. The number of aryl methyl sites for hydroxylation is 2. The van der Waals surface area contributed by atoms with Gasteiger partial charge < -0.3 is 9.30 Å². The second-order valence-corrected chi connectivity index (χ2v) is 8.05. The van der Waals surface area contributed by atoms with Gasteiger partial charge in [0.05, 0.1) is 11.9 Å². The second-order valence-electron chi connectivity index (χ2n) is 6.30. The third kappa shape index (κ3) is 4.93. The zero-order chi connectivity index (χ0) is 21.3. The highest BCUT2D eigenvalue weighted by Crippen LogP contribution is 2.27. The minimum atomic E-state index is -3.68. The van der Waals surface area contributed by atoms with E-state index < -0.39 is 21.7 Å². The Hall–Kier alpha value is -3.34. The van der Waals surface area contributed by atoms with Crippen molar-refractivity contribution >= 4 is 15.8 Å². The van der Waals surface area contributed by atoms with Gasteiger partial charge in [0.2, 0.25) is 10.0 Å². The number of sulfonamides is 1. The SMILES string of the molecule is Cc1cc(-c2cc(NS(C)(=O)=O)nc(Oc3ccc(F)cc3F)n2)cn(C)c1=O. The summed E-state index contributed by atoms with van der Waals surface area (Å²) in [5.41, 5.74) is 0.936. The maximum absolute atomic E-state index is 13.9. The summed E-state index contributed by atoms with van der Waals surface area (Å²) in [5.74, 6) is -2.23. The highest BCUT2D eigenvalue weighted by atomic mass is 32.2. The maximum Gasteiger partial charge on any atom is 0.324 e. The lowest BCUT2D eigenvalue weighted by molar-refractivity contribution is 0.409. The zero-order valence-electron chi connectivity index (χ0n) is 15.6. The molecule has 152 valence electrons. The fraction of sp³-hybridized carbons (Fsp3) is 0.167. The predicted molar refractivity (Wildman–Crippen MR) is 102 cm³/mol. The first-order valence-electron chi connectivity index (χ1n) is 8.19. The molecule has 0 amide bonds. The Morgan fingerprint density at radius 3 is 2.48 bits per heavy atom. The Morgan fingerprint density at radius 1 is 1.14 bits per heavy atom. The van der Waals surface area contributed by atoms with Gasteiger partial charge in [0.25, 0.3) is 5.56 Å². The first-order chi connectivity index (χ1) is 13.5. The summed E-state index contributed by atoms with van der Waals surface area (Å²) in [6.07, 6.45) is 2.44. The van der Waals surface area contributed by atoms with Gasteiger partial charge in [0.15, 0.2) is 11.6 Å². The van der Waals surface area contributed by atoms with Crippen LogP contribution in [0.2, 0.25) is 0 Å². The molecule has 0 unspecified atom stereocenters. The van der Waals surface area contributed by atoms with E-state index in [0.29, 0.717) is 17.2 Å². The van der Waals surface area contributed by atoms with Gasteiger partial charge in [-0.25, -0.2) is 17.2 Å². The highest BCUT2D eigenvalue weighted by molar-refractivity contribution is 7.92. The van der Waals surface area contributed by atoms with Gasteiger partial charge in [-0.15, -0.1) is 0 Å². The van der Waals surface area contributed by atoms with Crippen molar-refractivity contribution in [3.8, 4) is 23.0 Å². The van der Waals surface area contributed by atoms with Gasteiger partial charge in [0.1, 0.15) is 11.6 Å². The van der Waals surface area contributed by atoms with Crippen molar-refractivity contribution in [2.24, 2.45) is 7.05 Å². The molecule has 0 saturated carbocycles. The van der Waals surface area contributed by atoms with E-state index in [-0.39, 0.29) is 28.8 Å². The number of nitrogens with one attached hydrogen (secondary N) is 1. The van der Waals surface area contributed by atoms with Crippen molar-refractivity contribution in [2.75, 3.05) is 11.0 Å². The fourth-order valence-corrected chi connectivity index (χ4v) is 3.02. The van der Waals surface area contributed by atoms with Crippen LogP contribution in [-0.2, 0) is 17.1 Å². The molecule has 0 aliphatic rings. The monoisotopic (exact) mass is 422 g/mol. The van der Waals surface area contributed by atoms with Crippen LogP contribution in [0.4, 0.5) is 14.6 Å². The van der Waals surface area contributed by atoms with Crippen molar-refractivity contribution < 1.29 is 21.9 Å². The summed E-state index contributed by atoms with van der Waals surface area (Å²) in [5, 5.41) is 0. The van der Waals surface area contributed by atoms with Gasteiger partial charge in [0, 0.05) is 36.5 Å². The molecule has 3 rings (SSSR count). The molecule has 0 atom stereocenters. The van der Waals surface area contributed by atoms with Gasteiger partial charge in [-0.1, -0.05) is 0 Å². The summed E-state index contributed by atoms with van der Waals surface area (Å²) in [4.78, 5) is 20.0. The molecule has 0 aliphatic carbocycles. The topological polar surface area (TPSA) is 103 Å². The standard InChI is InChI=1S/C18H16F2N4O4S/c1-10-6-11(9-24(2)17(10)25)14-8-16(23-29(3,26)27)22-18(21-14)28-15-5-4-12(19)7-13(15)20/h4-9H,1-3H3,(H,21,22,23). The first-order valence-corrected chi connectivity index (χ1v) is 10.1. The van der Waals surface area contributed by atoms with Gasteiger partial charge in [-0.2, -0.15) is 9.97 Å². The van der Waals surface area contributed by atoms with Gasteiger partial charge in [-0.3, -0.25) is 9.52 Å². The van der Waals surface area contributed by atoms with Crippen molar-refractivity contribution in [3.05, 3.63) is 64.1 Å². The van der Waals surface area contributed by atoms with Crippen molar-refractivity contribution in [3.63, 3.8) is 0 Å². The molecule has 3 aromatic rings. The number of hydrogen-bond acceptors (Lipinski definition) is 6. The van der Waals surface area contributed by atoms with E-state index in [0.717, 1.165) is 18.4 Å². The van der Waals surface area contributed by atoms with Crippen molar-refractivity contribution in [1.29, 1.82) is 0 Å². The molecule has 2 aromatic heterocycles. The lowest BCUT2D eigenvalue weighted by Gasteiger charge is -2.11. The average molecular weight is 422 g/mol. The Labute approximate surface area is 164 Å². The van der Waals surface area contributed by atoms with Crippen LogP contribution in [0.15, 0.2) is 41.3 Å². The molecule has 0 fully saturated rings. The molecular formula is C18H16F2N4O4S. The van der Waals surface area contributed by atoms with E-state index in [9.17, 15) is 22.0 Å². The second kappa shape index (κ2) is 7.59. The normalized spacial score (nSPS) is 11.3. The lowest BCUT2D eigenvalue weighted by atomic mass is 10.1. The van der Waals surface area contributed by atoms with E-state index in [1.54, 1.807) is 20.0 Å². The number of nitrogens with zero attached hydrogens (tertiary/aromatic N) is 3. The molecule has 0 aliphatic heterocycles. The van der Waals surface area contributed by atoms with Gasteiger partial charge in [-0.05, 0) is 25.1 Å². The van der Waals surface area contributed by atoms with Gasteiger partial charge >= 0.3 is 6.01 Å². The number of rotatable bonds is 5. The molecule has 29 heavy (non-hydrogen) atoms. The smallest absolute Gasteiger partial charge is 0.324 e. The van der Waals surface area contributed by atoms with E-state index in [1.807, 2.05) is 0 Å². The number of hydrogen-bond donors (Lipinski definition) is 1. The summed E-state index contributed by atoms with van der Waals surface area (Å²) >= 11 is 0. The van der Waals surface area contributed by atoms with Crippen LogP contribution in [0, 0.1) is 18.6 Å². The molecule has 11 heteroatoms. The number of ether oxygens (including phenoxy) is 1. The minimum Gasteiger partial charge on any atom is -0.421 e. The van der Waals surface area contributed by atoms with Crippen LogP contribution in [-0.4, -0.2) is 29.2 Å². The molecule has 0 spiro atoms. The molecule has 1 aromatic carbocycles. The lowest BCUT2D eigenvalue weighted by Crippen LogP contribution is -2.18. The molecule has 2 heterocycles. The fourth-order valence-electron chi connectivity index (χ4n) is 2.53. The number of pyridine rings is 1. The van der Waals surface area contributed by atoms with Crippen LogP contribution < -0.4 is 15.0 Å². The molecule has 0 saturated heterocycles.